The van der Waals surface area contributed by atoms with Crippen LogP contribution < -0.4 is 5.73 Å². The van der Waals surface area contributed by atoms with Crippen LogP contribution in [0.3, 0.4) is 0 Å². The molecule has 0 atom stereocenters. The molecule has 0 aliphatic rings. The van der Waals surface area contributed by atoms with E-state index in [0.29, 0.717) is 11.0 Å². The van der Waals surface area contributed by atoms with Gasteiger partial charge in [-0.15, -0.1) is 0 Å². The molecule has 2 heterocycles. The van der Waals surface area contributed by atoms with Crippen molar-refractivity contribution in [3.63, 3.8) is 0 Å². The van der Waals surface area contributed by atoms with Gasteiger partial charge in [0, 0.05) is 11.5 Å². The summed E-state index contributed by atoms with van der Waals surface area (Å²) in [5.41, 5.74) is 9.38. The summed E-state index contributed by atoms with van der Waals surface area (Å²) in [5.74, 6) is 0.421. The smallest absolute Gasteiger partial charge is 0.207 e. The highest BCUT2D eigenvalue weighted by Crippen LogP contribution is 2.29. The third-order valence-electron chi connectivity index (χ3n) is 2.99. The number of hydrogen-bond acceptors (Lipinski definition) is 3. The second-order valence-corrected chi connectivity index (χ2v) is 5.55. The van der Waals surface area contributed by atoms with E-state index in [1.807, 2.05) is 36.7 Å². The Hall–Kier alpha value is -1.53. The topological polar surface area (TPSA) is 61.7 Å². The maximum Gasteiger partial charge on any atom is 0.207 e. The molecule has 0 saturated heterocycles. The Kier molecular flexibility index (Phi) is 2.79. The molecule has 19 heavy (non-hydrogen) atoms. The Balaban J connectivity index is 2.35. The molecule has 2 N–H and O–H groups in total. The number of halogens is 2. The average molecular weight is 341 g/mol. The fraction of sp³-hybridized carbons (Fsp3) is 0.167. The second kappa shape index (κ2) is 4.25. The van der Waals surface area contributed by atoms with E-state index in [2.05, 4.69) is 26.0 Å². The standard InChI is InChI=1S/C12H11BrClN5/c1-6-10-11(18(2)17-6)19(12(15)16-10)7-3-4-8(13)9(14)5-7/h3-5H,1-2H3,(H2,15,16). The van der Waals surface area contributed by atoms with E-state index in [-0.39, 0.29) is 0 Å². The van der Waals surface area contributed by atoms with E-state index in [1.54, 1.807) is 4.68 Å². The van der Waals surface area contributed by atoms with E-state index < -0.39 is 0 Å². The van der Waals surface area contributed by atoms with Crippen molar-refractivity contribution in [2.45, 2.75) is 6.92 Å². The van der Waals surface area contributed by atoms with Crippen LogP contribution in [0.2, 0.25) is 5.02 Å². The van der Waals surface area contributed by atoms with Crippen LogP contribution in [0.15, 0.2) is 22.7 Å². The largest absolute Gasteiger partial charge is 0.369 e. The molecule has 0 aliphatic heterocycles. The quantitative estimate of drug-likeness (QED) is 0.740. The first kappa shape index (κ1) is 12.5. The van der Waals surface area contributed by atoms with Gasteiger partial charge < -0.3 is 5.73 Å². The average Bonchev–Trinajstić information content (AvgIpc) is 2.82. The number of nitrogens with zero attached hydrogens (tertiary/aromatic N) is 4. The van der Waals surface area contributed by atoms with Gasteiger partial charge in [-0.3, -0.25) is 4.57 Å². The van der Waals surface area contributed by atoms with Crippen LogP contribution >= 0.6 is 27.5 Å². The molecule has 2 aromatic heterocycles. The minimum Gasteiger partial charge on any atom is -0.369 e. The van der Waals surface area contributed by atoms with Gasteiger partial charge >= 0.3 is 0 Å². The highest BCUT2D eigenvalue weighted by atomic mass is 79.9. The third kappa shape index (κ3) is 1.82. The van der Waals surface area contributed by atoms with E-state index in [4.69, 9.17) is 17.3 Å². The van der Waals surface area contributed by atoms with Crippen LogP contribution in [0, 0.1) is 6.92 Å². The van der Waals surface area contributed by atoms with Gasteiger partial charge in [0.15, 0.2) is 5.65 Å². The minimum absolute atomic E-state index is 0.421. The number of aromatic nitrogens is 4. The Bertz CT molecular complexity index is 789. The first-order valence-electron chi connectivity index (χ1n) is 5.62. The van der Waals surface area contributed by atoms with Crippen molar-refractivity contribution >= 4 is 44.6 Å². The Morgan fingerprint density at radius 2 is 2.11 bits per heavy atom. The lowest BCUT2D eigenvalue weighted by Crippen LogP contribution is -2.04. The maximum absolute atomic E-state index is 6.14. The molecule has 7 heteroatoms. The van der Waals surface area contributed by atoms with Crippen molar-refractivity contribution < 1.29 is 0 Å². The lowest BCUT2D eigenvalue weighted by Gasteiger charge is -2.08. The van der Waals surface area contributed by atoms with Gasteiger partial charge in [-0.2, -0.15) is 5.10 Å². The van der Waals surface area contributed by atoms with Gasteiger partial charge in [0.05, 0.1) is 16.4 Å². The van der Waals surface area contributed by atoms with Crippen LogP contribution in [0.4, 0.5) is 5.95 Å². The normalized spacial score (nSPS) is 11.4. The molecule has 0 fully saturated rings. The van der Waals surface area contributed by atoms with E-state index in [9.17, 15) is 0 Å². The Labute approximate surface area is 123 Å². The minimum atomic E-state index is 0.421. The zero-order chi connectivity index (χ0) is 13.7. The number of nitrogens with two attached hydrogens (primary N) is 1. The number of anilines is 1. The van der Waals surface area contributed by atoms with Gasteiger partial charge in [0.1, 0.15) is 5.52 Å². The first-order chi connectivity index (χ1) is 8.99. The lowest BCUT2D eigenvalue weighted by atomic mass is 10.3. The summed E-state index contributed by atoms with van der Waals surface area (Å²) in [6.45, 7) is 1.91. The molecule has 0 bridgehead atoms. The summed E-state index contributed by atoms with van der Waals surface area (Å²) in [5, 5.41) is 4.98. The van der Waals surface area contributed by atoms with Crippen molar-refractivity contribution in [3.05, 3.63) is 33.4 Å². The fourth-order valence-corrected chi connectivity index (χ4v) is 2.59. The summed E-state index contributed by atoms with van der Waals surface area (Å²) in [6, 6.07) is 5.65. The summed E-state index contributed by atoms with van der Waals surface area (Å²) in [4.78, 5) is 4.36. The van der Waals surface area contributed by atoms with Gasteiger partial charge in [0.25, 0.3) is 0 Å². The van der Waals surface area contributed by atoms with Crippen LogP contribution in [-0.4, -0.2) is 19.3 Å². The van der Waals surface area contributed by atoms with Crippen LogP contribution in [0.1, 0.15) is 5.69 Å². The number of nitrogen functional groups attached to an aromatic ring is 1. The van der Waals surface area contributed by atoms with E-state index in [1.165, 1.54) is 0 Å². The molecule has 0 radical (unpaired) electrons. The number of aryl methyl sites for hydroxylation is 2. The number of rotatable bonds is 1. The maximum atomic E-state index is 6.14. The zero-order valence-electron chi connectivity index (χ0n) is 10.4. The summed E-state index contributed by atoms with van der Waals surface area (Å²) in [7, 11) is 1.87. The predicted molar refractivity (Wildman–Crippen MR) is 79.7 cm³/mol. The van der Waals surface area contributed by atoms with E-state index in [0.717, 1.165) is 27.0 Å². The fourth-order valence-electron chi connectivity index (χ4n) is 2.17. The molecular weight excluding hydrogens is 330 g/mol. The zero-order valence-corrected chi connectivity index (χ0v) is 12.7. The van der Waals surface area contributed by atoms with Gasteiger partial charge in [-0.1, -0.05) is 11.6 Å². The Morgan fingerprint density at radius 1 is 1.37 bits per heavy atom. The highest BCUT2D eigenvalue weighted by molar-refractivity contribution is 9.10. The predicted octanol–water partition coefficient (Wildman–Crippen LogP) is 3.07. The summed E-state index contributed by atoms with van der Waals surface area (Å²) in [6.07, 6.45) is 0. The number of hydrogen-bond donors (Lipinski definition) is 1. The van der Waals surface area contributed by atoms with Crippen LogP contribution in [0.25, 0.3) is 16.9 Å². The second-order valence-electron chi connectivity index (χ2n) is 4.29. The molecule has 0 unspecified atom stereocenters. The summed E-state index contributed by atoms with van der Waals surface area (Å²) < 4.78 is 4.45. The van der Waals surface area contributed by atoms with Crippen molar-refractivity contribution in [1.82, 2.24) is 19.3 Å². The Morgan fingerprint density at radius 3 is 2.79 bits per heavy atom. The molecule has 98 valence electrons. The highest BCUT2D eigenvalue weighted by Gasteiger charge is 2.17. The monoisotopic (exact) mass is 339 g/mol. The molecule has 0 spiro atoms. The molecule has 3 rings (SSSR count). The SMILES string of the molecule is Cc1nn(C)c2c1nc(N)n2-c1ccc(Br)c(Cl)c1. The third-order valence-corrected chi connectivity index (χ3v) is 4.22. The van der Waals surface area contributed by atoms with Gasteiger partial charge in [0.2, 0.25) is 5.95 Å². The van der Waals surface area contributed by atoms with Crippen molar-refractivity contribution in [2.75, 3.05) is 5.73 Å². The summed E-state index contributed by atoms with van der Waals surface area (Å²) >= 11 is 9.51. The number of imidazole rings is 1. The first-order valence-corrected chi connectivity index (χ1v) is 6.79. The molecule has 5 nitrogen and oxygen atoms in total. The lowest BCUT2D eigenvalue weighted by molar-refractivity contribution is 0.762. The molecular formula is C12H11BrClN5. The van der Waals surface area contributed by atoms with Crippen LogP contribution in [-0.2, 0) is 7.05 Å². The number of fused-ring (bicyclic) bond motifs is 1. The van der Waals surface area contributed by atoms with Gasteiger partial charge in [-0.25, -0.2) is 9.67 Å². The van der Waals surface area contributed by atoms with Crippen LogP contribution in [0.5, 0.6) is 0 Å². The van der Waals surface area contributed by atoms with Crippen molar-refractivity contribution in [1.29, 1.82) is 0 Å². The van der Waals surface area contributed by atoms with Crippen molar-refractivity contribution in [2.24, 2.45) is 7.05 Å². The van der Waals surface area contributed by atoms with E-state index >= 15 is 0 Å². The van der Waals surface area contributed by atoms with Gasteiger partial charge in [-0.05, 0) is 41.1 Å². The molecule has 0 saturated carbocycles. The molecule has 0 amide bonds. The molecule has 1 aromatic carbocycles. The molecule has 3 aromatic rings. The molecule has 0 aliphatic carbocycles. The van der Waals surface area contributed by atoms with Crippen molar-refractivity contribution in [3.8, 4) is 5.69 Å². The number of benzene rings is 1.